The predicted molar refractivity (Wildman–Crippen MR) is 126 cm³/mol. The van der Waals surface area contributed by atoms with Crippen LogP contribution >= 0.6 is 0 Å². The first-order chi connectivity index (χ1) is 15.6. The lowest BCUT2D eigenvalue weighted by Crippen LogP contribution is -2.42. The van der Waals surface area contributed by atoms with E-state index in [2.05, 4.69) is 30.5 Å². The number of imidazole rings is 1. The summed E-state index contributed by atoms with van der Waals surface area (Å²) >= 11 is 0. The Morgan fingerprint density at radius 1 is 1.19 bits per heavy atom. The van der Waals surface area contributed by atoms with Crippen molar-refractivity contribution < 1.29 is 14.3 Å². The van der Waals surface area contributed by atoms with Gasteiger partial charge in [0.2, 0.25) is 0 Å². The standard InChI is InChI=1S/C26H37N3O3/c1-17-6-4-7-19(16-17)29-23-13-12-22-21(11-9-18(2)28(22)26(30)31-3)25(23)27-24(29)14-10-20-8-5-15-32-20/h12-13,17-20H,4-11,14-16H2,1-3H3. The van der Waals surface area contributed by atoms with Gasteiger partial charge in [-0.05, 0) is 69.9 Å². The summed E-state index contributed by atoms with van der Waals surface area (Å²) in [4.78, 5) is 19.6. The number of ether oxygens (including phenoxy) is 2. The van der Waals surface area contributed by atoms with E-state index >= 15 is 0 Å². The highest BCUT2D eigenvalue weighted by Crippen LogP contribution is 2.40. The molecule has 0 bridgehead atoms. The zero-order valence-electron chi connectivity index (χ0n) is 19.8. The maximum absolute atomic E-state index is 12.5. The molecule has 4 atom stereocenters. The number of hydrogen-bond donors (Lipinski definition) is 0. The van der Waals surface area contributed by atoms with E-state index in [0.29, 0.717) is 12.1 Å². The van der Waals surface area contributed by atoms with Gasteiger partial charge in [-0.3, -0.25) is 4.90 Å². The van der Waals surface area contributed by atoms with Gasteiger partial charge in [-0.25, -0.2) is 9.78 Å². The van der Waals surface area contributed by atoms with Gasteiger partial charge in [-0.1, -0.05) is 19.8 Å². The summed E-state index contributed by atoms with van der Waals surface area (Å²) < 4.78 is 13.6. The third-order valence-electron chi connectivity index (χ3n) is 7.89. The van der Waals surface area contributed by atoms with Crippen LogP contribution in [0.3, 0.4) is 0 Å². The van der Waals surface area contributed by atoms with E-state index in [4.69, 9.17) is 14.5 Å². The molecular weight excluding hydrogens is 402 g/mol. The van der Waals surface area contributed by atoms with Gasteiger partial charge >= 0.3 is 6.09 Å². The molecule has 1 aromatic carbocycles. The minimum atomic E-state index is -0.281. The van der Waals surface area contributed by atoms with Crippen LogP contribution < -0.4 is 4.90 Å². The molecule has 1 saturated carbocycles. The van der Waals surface area contributed by atoms with Crippen LogP contribution in [0, 0.1) is 5.92 Å². The summed E-state index contributed by atoms with van der Waals surface area (Å²) in [5.41, 5.74) is 4.50. The Morgan fingerprint density at radius 2 is 2.06 bits per heavy atom. The Bertz CT molecular complexity index is 978. The molecule has 0 N–H and O–H groups in total. The molecule has 6 nitrogen and oxygen atoms in total. The van der Waals surface area contributed by atoms with Crippen LogP contribution in [0.25, 0.3) is 11.0 Å². The first-order valence-corrected chi connectivity index (χ1v) is 12.6. The zero-order valence-corrected chi connectivity index (χ0v) is 19.8. The van der Waals surface area contributed by atoms with Crippen molar-refractivity contribution in [2.75, 3.05) is 18.6 Å². The second-order valence-electron chi connectivity index (χ2n) is 10.2. The average molecular weight is 440 g/mol. The number of benzene rings is 1. The van der Waals surface area contributed by atoms with E-state index in [1.165, 1.54) is 62.5 Å². The smallest absolute Gasteiger partial charge is 0.414 e. The average Bonchev–Trinajstić information content (AvgIpc) is 3.44. The van der Waals surface area contributed by atoms with Gasteiger partial charge in [-0.2, -0.15) is 0 Å². The first kappa shape index (κ1) is 21.7. The fourth-order valence-electron chi connectivity index (χ4n) is 6.21. The molecule has 6 heteroatoms. The molecule has 3 aliphatic rings. The Labute approximate surface area is 191 Å². The van der Waals surface area contributed by atoms with Crippen molar-refractivity contribution in [2.24, 2.45) is 5.92 Å². The molecule has 5 rings (SSSR count). The molecule has 4 unspecified atom stereocenters. The van der Waals surface area contributed by atoms with Crippen LogP contribution in [0.2, 0.25) is 0 Å². The Morgan fingerprint density at radius 3 is 2.81 bits per heavy atom. The van der Waals surface area contributed by atoms with E-state index < -0.39 is 0 Å². The van der Waals surface area contributed by atoms with Crippen LogP contribution in [0.1, 0.15) is 82.6 Å². The lowest BCUT2D eigenvalue weighted by Gasteiger charge is -2.34. The molecule has 1 aromatic heterocycles. The highest BCUT2D eigenvalue weighted by atomic mass is 16.5. The lowest BCUT2D eigenvalue weighted by atomic mass is 9.86. The SMILES string of the molecule is COC(=O)N1c2ccc3c(nc(CCC4CCCO4)n3C3CCCC(C)C3)c2CCC1C. The fourth-order valence-corrected chi connectivity index (χ4v) is 6.21. The molecule has 1 saturated heterocycles. The number of hydrogen-bond acceptors (Lipinski definition) is 4. The summed E-state index contributed by atoms with van der Waals surface area (Å²) in [6.07, 6.45) is 11.4. The molecule has 2 aliphatic heterocycles. The number of nitrogens with zero attached hydrogens (tertiary/aromatic N) is 3. The van der Waals surface area contributed by atoms with E-state index in [-0.39, 0.29) is 12.1 Å². The minimum absolute atomic E-state index is 0.132. The van der Waals surface area contributed by atoms with Gasteiger partial charge in [0.15, 0.2) is 0 Å². The summed E-state index contributed by atoms with van der Waals surface area (Å²) in [5.74, 6) is 1.96. The van der Waals surface area contributed by atoms with E-state index in [1.807, 2.05) is 4.90 Å². The monoisotopic (exact) mass is 439 g/mol. The molecule has 0 spiro atoms. The normalized spacial score (nSPS) is 28.2. The number of aromatic nitrogens is 2. The molecule has 1 amide bonds. The third-order valence-corrected chi connectivity index (χ3v) is 7.89. The number of rotatable bonds is 4. The summed E-state index contributed by atoms with van der Waals surface area (Å²) in [6.45, 7) is 5.38. The van der Waals surface area contributed by atoms with Gasteiger partial charge in [0.25, 0.3) is 0 Å². The van der Waals surface area contributed by atoms with Gasteiger partial charge in [0, 0.05) is 30.7 Å². The third kappa shape index (κ3) is 3.91. The molecule has 0 radical (unpaired) electrons. The van der Waals surface area contributed by atoms with E-state index in [1.54, 1.807) is 0 Å². The number of carbonyl (C=O) groups excluding carboxylic acids is 1. The van der Waals surface area contributed by atoms with Gasteiger partial charge in [-0.15, -0.1) is 0 Å². The van der Waals surface area contributed by atoms with Crippen molar-refractivity contribution in [2.45, 2.75) is 96.2 Å². The largest absolute Gasteiger partial charge is 0.452 e. The quantitative estimate of drug-likeness (QED) is 0.603. The Hall–Kier alpha value is -2.08. The summed E-state index contributed by atoms with van der Waals surface area (Å²) in [5, 5.41) is 0. The number of fused-ring (bicyclic) bond motifs is 3. The summed E-state index contributed by atoms with van der Waals surface area (Å²) in [6, 6.07) is 4.97. The highest BCUT2D eigenvalue weighted by Gasteiger charge is 2.33. The highest BCUT2D eigenvalue weighted by molar-refractivity contribution is 5.95. The second-order valence-corrected chi connectivity index (χ2v) is 10.2. The zero-order chi connectivity index (χ0) is 22.2. The van der Waals surface area contributed by atoms with Crippen LogP contribution in [-0.2, 0) is 22.3 Å². The van der Waals surface area contributed by atoms with Crippen LogP contribution in [0.5, 0.6) is 0 Å². The van der Waals surface area contributed by atoms with Crippen LogP contribution in [0.4, 0.5) is 10.5 Å². The molecule has 2 aromatic rings. The lowest BCUT2D eigenvalue weighted by molar-refractivity contribution is 0.103. The van der Waals surface area contributed by atoms with E-state index in [9.17, 15) is 4.79 Å². The molecule has 3 heterocycles. The molecule has 2 fully saturated rings. The van der Waals surface area contributed by atoms with Crippen molar-refractivity contribution in [3.8, 4) is 0 Å². The van der Waals surface area contributed by atoms with Crippen molar-refractivity contribution in [3.63, 3.8) is 0 Å². The van der Waals surface area contributed by atoms with Crippen molar-refractivity contribution in [1.82, 2.24) is 9.55 Å². The predicted octanol–water partition coefficient (Wildman–Crippen LogP) is 5.81. The fraction of sp³-hybridized carbons (Fsp3) is 0.692. The summed E-state index contributed by atoms with van der Waals surface area (Å²) in [7, 11) is 1.46. The number of anilines is 1. The number of methoxy groups -OCH3 is 1. The molecular formula is C26H37N3O3. The molecule has 174 valence electrons. The van der Waals surface area contributed by atoms with Crippen molar-refractivity contribution in [1.29, 1.82) is 0 Å². The van der Waals surface area contributed by atoms with Gasteiger partial charge < -0.3 is 14.0 Å². The number of carbonyl (C=O) groups is 1. The minimum Gasteiger partial charge on any atom is -0.452 e. The van der Waals surface area contributed by atoms with Gasteiger partial charge in [0.1, 0.15) is 5.82 Å². The van der Waals surface area contributed by atoms with Crippen molar-refractivity contribution >= 4 is 22.8 Å². The Kier molecular flexibility index (Phi) is 6.15. The molecule has 32 heavy (non-hydrogen) atoms. The first-order valence-electron chi connectivity index (χ1n) is 12.6. The van der Waals surface area contributed by atoms with Gasteiger partial charge in [0.05, 0.1) is 29.9 Å². The maximum atomic E-state index is 12.5. The number of aryl methyl sites for hydroxylation is 2. The van der Waals surface area contributed by atoms with Crippen LogP contribution in [-0.4, -0.2) is 41.5 Å². The molecule has 1 aliphatic carbocycles. The van der Waals surface area contributed by atoms with Crippen LogP contribution in [0.15, 0.2) is 12.1 Å². The van der Waals surface area contributed by atoms with E-state index in [0.717, 1.165) is 49.4 Å². The maximum Gasteiger partial charge on any atom is 0.414 e. The Balaban J connectivity index is 1.57. The second kappa shape index (κ2) is 9.05. The topological polar surface area (TPSA) is 56.6 Å². The number of amides is 1. The van der Waals surface area contributed by atoms with Crippen molar-refractivity contribution in [3.05, 3.63) is 23.5 Å².